The van der Waals surface area contributed by atoms with E-state index in [0.717, 1.165) is 22.6 Å². The summed E-state index contributed by atoms with van der Waals surface area (Å²) in [7, 11) is 0. The fourth-order valence-electron chi connectivity index (χ4n) is 3.48. The highest BCUT2D eigenvalue weighted by atomic mass is 19.1. The van der Waals surface area contributed by atoms with Crippen LogP contribution >= 0.6 is 0 Å². The molecular formula is C22H24F2NO2+. The molecule has 0 saturated carbocycles. The fraction of sp³-hybridized carbons (Fsp3) is 0.318. The number of halogens is 2. The third-order valence-corrected chi connectivity index (χ3v) is 4.98. The first kappa shape index (κ1) is 19.2. The smallest absolute Gasteiger partial charge is 0.336 e. The zero-order chi connectivity index (χ0) is 19.7. The predicted octanol–water partition coefficient (Wildman–Crippen LogP) is 4.33. The Bertz CT molecular complexity index is 1040. The fourth-order valence-corrected chi connectivity index (χ4v) is 3.48. The molecule has 0 fully saturated rings. The lowest BCUT2D eigenvalue weighted by molar-refractivity contribution is -0.708. The predicted molar refractivity (Wildman–Crippen MR) is 102 cm³/mol. The monoisotopic (exact) mass is 372 g/mol. The lowest BCUT2D eigenvalue weighted by Crippen LogP contribution is -2.83. The molecule has 3 nitrogen and oxygen atoms in total. The van der Waals surface area contributed by atoms with Crippen molar-refractivity contribution in [3.05, 3.63) is 80.7 Å². The van der Waals surface area contributed by atoms with Gasteiger partial charge in [0.25, 0.3) is 0 Å². The van der Waals surface area contributed by atoms with Gasteiger partial charge in [0.15, 0.2) is 0 Å². The van der Waals surface area contributed by atoms with Crippen molar-refractivity contribution in [3.63, 3.8) is 0 Å². The lowest BCUT2D eigenvalue weighted by Gasteiger charge is -2.15. The van der Waals surface area contributed by atoms with Crippen LogP contribution in [0.3, 0.4) is 0 Å². The molecule has 0 saturated heterocycles. The van der Waals surface area contributed by atoms with Crippen molar-refractivity contribution in [1.29, 1.82) is 0 Å². The molecule has 3 rings (SSSR count). The maximum absolute atomic E-state index is 14.0. The van der Waals surface area contributed by atoms with Crippen molar-refractivity contribution in [3.8, 4) is 0 Å². The van der Waals surface area contributed by atoms with Crippen molar-refractivity contribution >= 4 is 11.0 Å². The van der Waals surface area contributed by atoms with Crippen molar-refractivity contribution in [1.82, 2.24) is 0 Å². The van der Waals surface area contributed by atoms with Gasteiger partial charge in [0, 0.05) is 28.6 Å². The van der Waals surface area contributed by atoms with Crippen LogP contribution in [0, 0.1) is 18.6 Å². The second kappa shape index (κ2) is 7.61. The molecule has 1 atom stereocenters. The van der Waals surface area contributed by atoms with Crippen molar-refractivity contribution in [2.75, 3.05) is 0 Å². The first-order valence-corrected chi connectivity index (χ1v) is 9.11. The summed E-state index contributed by atoms with van der Waals surface area (Å²) in [6.45, 7) is 8.60. The van der Waals surface area contributed by atoms with E-state index in [1.165, 1.54) is 23.8 Å². The van der Waals surface area contributed by atoms with E-state index in [9.17, 15) is 13.6 Å². The third-order valence-electron chi connectivity index (χ3n) is 4.98. The summed E-state index contributed by atoms with van der Waals surface area (Å²) in [5, 5.41) is 2.83. The minimum atomic E-state index is -0.591. The number of hydrogen-bond donors (Lipinski definition) is 1. The Morgan fingerprint density at radius 3 is 2.44 bits per heavy atom. The Kier molecular flexibility index (Phi) is 5.42. The highest BCUT2D eigenvalue weighted by Crippen LogP contribution is 2.26. The number of nitrogens with two attached hydrogens (primary N) is 1. The van der Waals surface area contributed by atoms with E-state index in [1.54, 1.807) is 0 Å². The van der Waals surface area contributed by atoms with Gasteiger partial charge >= 0.3 is 5.63 Å². The molecule has 0 bridgehead atoms. The molecule has 0 spiro atoms. The van der Waals surface area contributed by atoms with Crippen molar-refractivity contribution in [2.24, 2.45) is 0 Å². The second-order valence-electron chi connectivity index (χ2n) is 7.34. The standard InChI is InChI=1S/C22H23F2NO2/c1-12(2)18-10-19-15(8-22(26)27-21(19)7-13(18)3)11-25-14(4)17-6-5-16(23)9-20(17)24/h5-10,12,14,25H,11H2,1-4H3/p+1/t14-/m0/s1. The van der Waals surface area contributed by atoms with Crippen LogP contribution in [-0.2, 0) is 6.54 Å². The van der Waals surface area contributed by atoms with Gasteiger partial charge in [-0.25, -0.2) is 13.6 Å². The summed E-state index contributed by atoms with van der Waals surface area (Å²) in [6, 6.07) is 8.86. The Morgan fingerprint density at radius 2 is 1.78 bits per heavy atom. The molecule has 1 heterocycles. The molecule has 0 aliphatic carbocycles. The summed E-state index contributed by atoms with van der Waals surface area (Å²) in [5.74, 6) is -0.800. The molecule has 5 heteroatoms. The van der Waals surface area contributed by atoms with Crippen molar-refractivity contribution < 1.29 is 18.5 Å². The molecule has 0 unspecified atom stereocenters. The first-order valence-electron chi connectivity index (χ1n) is 9.11. The van der Waals surface area contributed by atoms with Gasteiger partial charge in [0.2, 0.25) is 0 Å². The maximum Gasteiger partial charge on any atom is 0.336 e. The Labute approximate surface area is 157 Å². The van der Waals surface area contributed by atoms with Crippen molar-refractivity contribution in [2.45, 2.75) is 46.2 Å². The largest absolute Gasteiger partial charge is 0.423 e. The molecule has 3 aromatic rings. The van der Waals surface area contributed by atoms with E-state index in [-0.39, 0.29) is 6.04 Å². The highest BCUT2D eigenvalue weighted by molar-refractivity contribution is 5.82. The number of benzene rings is 2. The SMILES string of the molecule is Cc1cc2oc(=O)cc(C[NH2+][C@@H](C)c3ccc(F)cc3F)c2cc1C(C)C. The molecule has 0 radical (unpaired) electrons. The van der Waals surface area contributed by atoms with E-state index < -0.39 is 17.3 Å². The summed E-state index contributed by atoms with van der Waals surface area (Å²) >= 11 is 0. The number of rotatable bonds is 5. The summed E-state index contributed by atoms with van der Waals surface area (Å²) in [4.78, 5) is 12.0. The lowest BCUT2D eigenvalue weighted by atomic mass is 9.95. The zero-order valence-corrected chi connectivity index (χ0v) is 16.0. The zero-order valence-electron chi connectivity index (χ0n) is 16.0. The van der Waals surface area contributed by atoms with E-state index >= 15 is 0 Å². The van der Waals surface area contributed by atoms with Crippen LogP contribution in [0.15, 0.2) is 45.6 Å². The summed E-state index contributed by atoms with van der Waals surface area (Å²) in [6.07, 6.45) is 0. The normalized spacial score (nSPS) is 12.7. The number of fused-ring (bicyclic) bond motifs is 1. The Hall–Kier alpha value is -2.53. The van der Waals surface area contributed by atoms with Crippen LogP contribution in [0.5, 0.6) is 0 Å². The van der Waals surface area contributed by atoms with E-state index in [1.807, 2.05) is 25.2 Å². The summed E-state index contributed by atoms with van der Waals surface area (Å²) in [5.41, 5.74) is 3.73. The van der Waals surface area contributed by atoms with Gasteiger partial charge in [-0.3, -0.25) is 0 Å². The van der Waals surface area contributed by atoms with Gasteiger partial charge in [-0.2, -0.15) is 0 Å². The van der Waals surface area contributed by atoms with Crippen LogP contribution in [0.4, 0.5) is 8.78 Å². The van der Waals surface area contributed by atoms with Gasteiger partial charge < -0.3 is 9.73 Å². The van der Waals surface area contributed by atoms with Gasteiger partial charge in [-0.1, -0.05) is 13.8 Å². The van der Waals surface area contributed by atoms with Gasteiger partial charge in [0.05, 0.1) is 0 Å². The molecular weight excluding hydrogens is 348 g/mol. The Morgan fingerprint density at radius 1 is 1.04 bits per heavy atom. The van der Waals surface area contributed by atoms with Crippen LogP contribution in [0.25, 0.3) is 11.0 Å². The third kappa shape index (κ3) is 4.08. The minimum absolute atomic E-state index is 0.220. The molecule has 0 amide bonds. The maximum atomic E-state index is 14.0. The van der Waals surface area contributed by atoms with E-state index in [2.05, 4.69) is 19.9 Å². The topological polar surface area (TPSA) is 46.8 Å². The molecule has 142 valence electrons. The first-order chi connectivity index (χ1) is 12.8. The molecule has 2 N–H and O–H groups in total. The highest BCUT2D eigenvalue weighted by Gasteiger charge is 2.17. The second-order valence-corrected chi connectivity index (χ2v) is 7.34. The molecule has 2 aromatic carbocycles. The molecule has 0 aliphatic heterocycles. The number of hydrogen-bond acceptors (Lipinski definition) is 2. The molecule has 0 aliphatic rings. The average molecular weight is 372 g/mol. The van der Waals surface area contributed by atoms with Gasteiger partial charge in [0.1, 0.15) is 29.8 Å². The number of aryl methyl sites for hydroxylation is 1. The minimum Gasteiger partial charge on any atom is -0.423 e. The van der Waals surface area contributed by atoms with Crippen LogP contribution in [0.2, 0.25) is 0 Å². The quantitative estimate of drug-likeness (QED) is 0.678. The average Bonchev–Trinajstić information content (AvgIpc) is 2.58. The molecule has 1 aromatic heterocycles. The van der Waals surface area contributed by atoms with Gasteiger partial charge in [-0.15, -0.1) is 0 Å². The number of quaternary nitrogens is 1. The summed E-state index contributed by atoms with van der Waals surface area (Å²) < 4.78 is 32.5. The van der Waals surface area contributed by atoms with E-state index in [4.69, 9.17) is 4.42 Å². The van der Waals surface area contributed by atoms with Gasteiger partial charge in [-0.05, 0) is 55.2 Å². The van der Waals surface area contributed by atoms with E-state index in [0.29, 0.717) is 23.6 Å². The Balaban J connectivity index is 1.94. The van der Waals surface area contributed by atoms with Crippen LogP contribution in [0.1, 0.15) is 55.0 Å². The molecule has 27 heavy (non-hydrogen) atoms. The van der Waals surface area contributed by atoms with Crippen LogP contribution in [-0.4, -0.2) is 0 Å². The van der Waals surface area contributed by atoms with Crippen LogP contribution < -0.4 is 10.9 Å².